The zero-order chi connectivity index (χ0) is 17.8. The number of nitrogens with zero attached hydrogens (tertiary/aromatic N) is 1. The summed E-state index contributed by atoms with van der Waals surface area (Å²) in [6, 6.07) is 13.1. The number of aryl methyl sites for hydroxylation is 1. The first-order chi connectivity index (χ1) is 12.0. The Morgan fingerprint density at radius 1 is 1.12 bits per heavy atom. The number of carbonyl (C=O) groups excluding carboxylic acids is 1. The average Bonchev–Trinajstić information content (AvgIpc) is 2.56. The first kappa shape index (κ1) is 17.0. The number of anilines is 2. The fourth-order valence-corrected chi connectivity index (χ4v) is 3.03. The molecular weight excluding hydrogens is 318 g/mol. The number of hydrogen-bond donors (Lipinski definition) is 3. The Hall–Kier alpha value is -2.86. The van der Waals surface area contributed by atoms with Gasteiger partial charge in [-0.1, -0.05) is 29.8 Å². The molecule has 25 heavy (non-hydrogen) atoms. The third-order valence-electron chi connectivity index (χ3n) is 4.26. The van der Waals surface area contributed by atoms with Crippen molar-refractivity contribution in [2.75, 3.05) is 23.7 Å². The zero-order valence-electron chi connectivity index (χ0n) is 14.1. The number of benzene rings is 2. The summed E-state index contributed by atoms with van der Waals surface area (Å²) in [6.07, 6.45) is 0.712. The van der Waals surface area contributed by atoms with Gasteiger partial charge in [0, 0.05) is 24.5 Å². The molecule has 0 saturated heterocycles. The molecule has 2 aromatic rings. The van der Waals surface area contributed by atoms with Crippen molar-refractivity contribution in [3.05, 3.63) is 59.2 Å². The van der Waals surface area contributed by atoms with E-state index in [1.54, 1.807) is 0 Å². The Morgan fingerprint density at radius 2 is 1.88 bits per heavy atom. The van der Waals surface area contributed by atoms with Crippen molar-refractivity contribution in [2.45, 2.75) is 19.9 Å². The molecule has 0 aromatic heterocycles. The Kier molecular flexibility index (Phi) is 5.00. The predicted octanol–water partition coefficient (Wildman–Crippen LogP) is 3.08. The maximum absolute atomic E-state index is 12.3. The lowest BCUT2D eigenvalue weighted by atomic mass is 9.98. The van der Waals surface area contributed by atoms with E-state index in [0.717, 1.165) is 28.1 Å². The number of carboxylic acids is 1. The van der Waals surface area contributed by atoms with Gasteiger partial charge >= 0.3 is 12.0 Å². The number of carbonyl (C=O) groups is 2. The summed E-state index contributed by atoms with van der Waals surface area (Å²) in [5.74, 6) is -0.824. The molecule has 3 N–H and O–H groups in total. The SMILES string of the molecule is Cc1ccc(NC(=O)Nc2cccc3c2CCN(CC(=O)O)C3)cc1. The quantitative estimate of drug-likeness (QED) is 0.799. The topological polar surface area (TPSA) is 81.7 Å². The number of carboxylic acid groups (broad SMARTS) is 1. The lowest BCUT2D eigenvalue weighted by Crippen LogP contribution is -2.35. The lowest BCUT2D eigenvalue weighted by molar-refractivity contribution is -0.138. The molecular formula is C19H21N3O3. The summed E-state index contributed by atoms with van der Waals surface area (Å²) in [6.45, 7) is 3.27. The van der Waals surface area contributed by atoms with E-state index in [1.807, 2.05) is 54.3 Å². The first-order valence-corrected chi connectivity index (χ1v) is 8.21. The second-order valence-electron chi connectivity index (χ2n) is 6.24. The molecule has 6 heteroatoms. The molecule has 0 bridgehead atoms. The van der Waals surface area contributed by atoms with E-state index < -0.39 is 5.97 Å². The van der Waals surface area contributed by atoms with Crippen LogP contribution in [-0.2, 0) is 17.8 Å². The van der Waals surface area contributed by atoms with Crippen LogP contribution in [0.4, 0.5) is 16.2 Å². The van der Waals surface area contributed by atoms with Gasteiger partial charge in [-0.25, -0.2) is 4.79 Å². The van der Waals surface area contributed by atoms with Crippen molar-refractivity contribution in [3.63, 3.8) is 0 Å². The second-order valence-corrected chi connectivity index (χ2v) is 6.24. The molecule has 0 unspecified atom stereocenters. The van der Waals surface area contributed by atoms with Gasteiger partial charge in [-0.15, -0.1) is 0 Å². The highest BCUT2D eigenvalue weighted by Gasteiger charge is 2.20. The molecule has 2 amide bonds. The fraction of sp³-hybridized carbons (Fsp3) is 0.263. The maximum Gasteiger partial charge on any atom is 0.323 e. The Labute approximate surface area is 146 Å². The van der Waals surface area contributed by atoms with Crippen LogP contribution in [0.2, 0.25) is 0 Å². The normalized spacial score (nSPS) is 13.8. The number of nitrogens with one attached hydrogen (secondary N) is 2. The minimum Gasteiger partial charge on any atom is -0.480 e. The van der Waals surface area contributed by atoms with E-state index >= 15 is 0 Å². The molecule has 0 fully saturated rings. The molecule has 3 rings (SSSR count). The summed E-state index contributed by atoms with van der Waals surface area (Å²) in [4.78, 5) is 25.0. The Morgan fingerprint density at radius 3 is 2.60 bits per heavy atom. The van der Waals surface area contributed by atoms with Gasteiger partial charge in [0.1, 0.15) is 0 Å². The van der Waals surface area contributed by atoms with Crippen LogP contribution in [0.5, 0.6) is 0 Å². The molecule has 2 aromatic carbocycles. The molecule has 0 spiro atoms. The number of fused-ring (bicyclic) bond motifs is 1. The summed E-state index contributed by atoms with van der Waals surface area (Å²) < 4.78 is 0. The molecule has 0 aliphatic carbocycles. The van der Waals surface area contributed by atoms with Gasteiger partial charge in [-0.3, -0.25) is 9.69 Å². The molecule has 1 aliphatic heterocycles. The summed E-state index contributed by atoms with van der Waals surface area (Å²) in [5.41, 5.74) is 4.77. The van der Waals surface area contributed by atoms with Gasteiger partial charge < -0.3 is 15.7 Å². The molecule has 1 aliphatic rings. The van der Waals surface area contributed by atoms with E-state index in [2.05, 4.69) is 10.6 Å². The van der Waals surface area contributed by atoms with E-state index in [4.69, 9.17) is 5.11 Å². The molecule has 1 heterocycles. The van der Waals surface area contributed by atoms with Crippen molar-refractivity contribution in [3.8, 4) is 0 Å². The number of urea groups is 1. The highest BCUT2D eigenvalue weighted by molar-refractivity contribution is 6.00. The molecule has 0 radical (unpaired) electrons. The Bertz CT molecular complexity index is 787. The summed E-state index contributed by atoms with van der Waals surface area (Å²) in [7, 11) is 0. The van der Waals surface area contributed by atoms with Crippen molar-refractivity contribution < 1.29 is 14.7 Å². The predicted molar refractivity (Wildman–Crippen MR) is 96.9 cm³/mol. The van der Waals surface area contributed by atoms with Crippen LogP contribution in [0, 0.1) is 6.92 Å². The minimum absolute atomic E-state index is 0.0327. The molecule has 0 atom stereocenters. The smallest absolute Gasteiger partial charge is 0.323 e. The van der Waals surface area contributed by atoms with Crippen molar-refractivity contribution in [1.29, 1.82) is 0 Å². The van der Waals surface area contributed by atoms with Gasteiger partial charge in [0.15, 0.2) is 0 Å². The van der Waals surface area contributed by atoms with Crippen LogP contribution in [-0.4, -0.2) is 35.1 Å². The minimum atomic E-state index is -0.824. The number of amides is 2. The van der Waals surface area contributed by atoms with Gasteiger partial charge in [0.05, 0.1) is 6.54 Å². The van der Waals surface area contributed by atoms with Crippen LogP contribution in [0.25, 0.3) is 0 Å². The maximum atomic E-state index is 12.3. The van der Waals surface area contributed by atoms with Crippen LogP contribution < -0.4 is 10.6 Å². The van der Waals surface area contributed by atoms with Crippen molar-refractivity contribution in [1.82, 2.24) is 4.90 Å². The molecule has 6 nitrogen and oxygen atoms in total. The molecule has 130 valence electrons. The van der Waals surface area contributed by atoms with E-state index in [1.165, 1.54) is 0 Å². The van der Waals surface area contributed by atoms with Crippen molar-refractivity contribution >= 4 is 23.4 Å². The highest BCUT2D eigenvalue weighted by Crippen LogP contribution is 2.26. The van der Waals surface area contributed by atoms with E-state index in [-0.39, 0.29) is 12.6 Å². The van der Waals surface area contributed by atoms with Crippen LogP contribution in [0.1, 0.15) is 16.7 Å². The lowest BCUT2D eigenvalue weighted by Gasteiger charge is -2.28. The van der Waals surface area contributed by atoms with Gasteiger partial charge in [-0.2, -0.15) is 0 Å². The third kappa shape index (κ3) is 4.36. The monoisotopic (exact) mass is 339 g/mol. The second kappa shape index (κ2) is 7.36. The van der Waals surface area contributed by atoms with Gasteiger partial charge in [0.25, 0.3) is 0 Å². The van der Waals surface area contributed by atoms with Crippen LogP contribution >= 0.6 is 0 Å². The first-order valence-electron chi connectivity index (χ1n) is 8.21. The van der Waals surface area contributed by atoms with Crippen LogP contribution in [0.3, 0.4) is 0 Å². The van der Waals surface area contributed by atoms with E-state index in [0.29, 0.717) is 19.5 Å². The van der Waals surface area contributed by atoms with Gasteiger partial charge in [-0.05, 0) is 42.7 Å². The fourth-order valence-electron chi connectivity index (χ4n) is 3.03. The standard InChI is InChI=1S/C19H21N3O3/c1-13-5-7-15(8-6-13)20-19(25)21-17-4-2-3-14-11-22(12-18(23)24)10-9-16(14)17/h2-8H,9-12H2,1H3,(H,23,24)(H2,20,21,25). The van der Waals surface area contributed by atoms with Gasteiger partial charge in [0.2, 0.25) is 0 Å². The van der Waals surface area contributed by atoms with E-state index in [9.17, 15) is 9.59 Å². The highest BCUT2D eigenvalue weighted by atomic mass is 16.4. The van der Waals surface area contributed by atoms with Crippen LogP contribution in [0.15, 0.2) is 42.5 Å². The number of hydrogen-bond acceptors (Lipinski definition) is 3. The summed E-state index contributed by atoms with van der Waals surface area (Å²) in [5, 5.41) is 14.7. The largest absolute Gasteiger partial charge is 0.480 e. The molecule has 0 saturated carbocycles. The van der Waals surface area contributed by atoms with Crippen molar-refractivity contribution in [2.24, 2.45) is 0 Å². The zero-order valence-corrected chi connectivity index (χ0v) is 14.1. The number of rotatable bonds is 4. The Balaban J connectivity index is 1.68. The third-order valence-corrected chi connectivity index (χ3v) is 4.26. The number of aliphatic carboxylic acids is 1. The summed E-state index contributed by atoms with van der Waals surface area (Å²) >= 11 is 0. The average molecular weight is 339 g/mol.